The van der Waals surface area contributed by atoms with Crippen LogP contribution in [-0.2, 0) is 16.0 Å². The summed E-state index contributed by atoms with van der Waals surface area (Å²) in [6.45, 7) is 2.23. The lowest BCUT2D eigenvalue weighted by Gasteiger charge is -2.27. The van der Waals surface area contributed by atoms with E-state index < -0.39 is 5.97 Å². The number of nitrogens with zero attached hydrogens (tertiary/aromatic N) is 1. The molecule has 1 aromatic carbocycles. The van der Waals surface area contributed by atoms with Crippen LogP contribution in [0.15, 0.2) is 18.2 Å². The first kappa shape index (κ1) is 13.1. The van der Waals surface area contributed by atoms with E-state index in [2.05, 4.69) is 0 Å². The lowest BCUT2D eigenvalue weighted by Crippen LogP contribution is -2.34. The van der Waals surface area contributed by atoms with E-state index in [4.69, 9.17) is 9.84 Å². The number of rotatable bonds is 3. The van der Waals surface area contributed by atoms with Gasteiger partial charge in [0.25, 0.3) is 0 Å². The maximum atomic E-state index is 12.1. The second-order valence-corrected chi connectivity index (χ2v) is 5.39. The SMILES string of the molecule is O=C(O)c1ccc2c(c1)CC(=O)N2CC1CCOCC1. The van der Waals surface area contributed by atoms with Crippen LogP contribution in [0.5, 0.6) is 0 Å². The minimum atomic E-state index is -0.955. The quantitative estimate of drug-likeness (QED) is 0.911. The average molecular weight is 275 g/mol. The molecule has 1 amide bonds. The van der Waals surface area contributed by atoms with Crippen molar-refractivity contribution in [3.63, 3.8) is 0 Å². The van der Waals surface area contributed by atoms with Crippen molar-refractivity contribution in [1.29, 1.82) is 0 Å². The van der Waals surface area contributed by atoms with E-state index in [1.807, 2.05) is 0 Å². The van der Waals surface area contributed by atoms with E-state index in [1.165, 1.54) is 0 Å². The van der Waals surface area contributed by atoms with Gasteiger partial charge in [-0.15, -0.1) is 0 Å². The molecular formula is C15H17NO4. The number of hydrogen-bond acceptors (Lipinski definition) is 3. The number of ether oxygens (including phenoxy) is 1. The summed E-state index contributed by atoms with van der Waals surface area (Å²) in [4.78, 5) is 24.9. The summed E-state index contributed by atoms with van der Waals surface area (Å²) in [6.07, 6.45) is 2.26. The van der Waals surface area contributed by atoms with Crippen molar-refractivity contribution < 1.29 is 19.4 Å². The molecular weight excluding hydrogens is 258 g/mol. The van der Waals surface area contributed by atoms with Gasteiger partial charge in [-0.25, -0.2) is 4.79 Å². The van der Waals surface area contributed by atoms with Crippen LogP contribution in [0.1, 0.15) is 28.8 Å². The summed E-state index contributed by atoms with van der Waals surface area (Å²) < 4.78 is 5.33. The molecule has 0 atom stereocenters. The highest BCUT2D eigenvalue weighted by Gasteiger charge is 2.30. The number of anilines is 1. The Bertz CT molecular complexity index is 549. The third kappa shape index (κ3) is 2.41. The molecule has 1 saturated heterocycles. The minimum Gasteiger partial charge on any atom is -0.478 e. The summed E-state index contributed by atoms with van der Waals surface area (Å²) in [6, 6.07) is 4.93. The third-order valence-electron chi connectivity index (χ3n) is 4.04. The zero-order valence-corrected chi connectivity index (χ0v) is 11.2. The van der Waals surface area contributed by atoms with Crippen molar-refractivity contribution in [3.05, 3.63) is 29.3 Å². The molecule has 0 radical (unpaired) electrons. The number of carbonyl (C=O) groups is 2. The summed E-state index contributed by atoms with van der Waals surface area (Å²) in [5.41, 5.74) is 1.93. The molecule has 0 aromatic heterocycles. The van der Waals surface area contributed by atoms with E-state index in [-0.39, 0.29) is 11.5 Å². The van der Waals surface area contributed by atoms with E-state index in [1.54, 1.807) is 23.1 Å². The average Bonchev–Trinajstić information content (AvgIpc) is 2.75. The first-order chi connectivity index (χ1) is 9.65. The fraction of sp³-hybridized carbons (Fsp3) is 0.467. The summed E-state index contributed by atoms with van der Waals surface area (Å²) in [7, 11) is 0. The number of fused-ring (bicyclic) bond motifs is 1. The summed E-state index contributed by atoms with van der Waals surface area (Å²) in [5, 5.41) is 9.00. The van der Waals surface area contributed by atoms with Crippen molar-refractivity contribution >= 4 is 17.6 Å². The van der Waals surface area contributed by atoms with Gasteiger partial charge in [0.2, 0.25) is 5.91 Å². The van der Waals surface area contributed by atoms with E-state index in [0.717, 1.165) is 37.3 Å². The number of carboxylic acids is 1. The van der Waals surface area contributed by atoms with E-state index in [0.29, 0.717) is 18.9 Å². The highest BCUT2D eigenvalue weighted by molar-refractivity contribution is 6.02. The predicted molar refractivity (Wildman–Crippen MR) is 73.0 cm³/mol. The Morgan fingerprint density at radius 2 is 2.10 bits per heavy atom. The van der Waals surface area contributed by atoms with E-state index >= 15 is 0 Å². The summed E-state index contributed by atoms with van der Waals surface area (Å²) >= 11 is 0. The molecule has 2 aliphatic heterocycles. The van der Waals surface area contributed by atoms with Crippen LogP contribution in [0.4, 0.5) is 5.69 Å². The van der Waals surface area contributed by atoms with Crippen LogP contribution < -0.4 is 4.90 Å². The van der Waals surface area contributed by atoms with Gasteiger partial charge in [0.1, 0.15) is 0 Å². The maximum Gasteiger partial charge on any atom is 0.335 e. The van der Waals surface area contributed by atoms with Gasteiger partial charge >= 0.3 is 5.97 Å². The first-order valence-corrected chi connectivity index (χ1v) is 6.89. The Hall–Kier alpha value is -1.88. The van der Waals surface area contributed by atoms with Crippen LogP contribution in [0, 0.1) is 5.92 Å². The molecule has 2 heterocycles. The smallest absolute Gasteiger partial charge is 0.335 e. The van der Waals surface area contributed by atoms with Crippen molar-refractivity contribution in [2.24, 2.45) is 5.92 Å². The largest absolute Gasteiger partial charge is 0.478 e. The van der Waals surface area contributed by atoms with Gasteiger partial charge < -0.3 is 14.7 Å². The molecule has 3 rings (SSSR count). The van der Waals surface area contributed by atoms with Gasteiger partial charge in [-0.2, -0.15) is 0 Å². The van der Waals surface area contributed by atoms with E-state index in [9.17, 15) is 9.59 Å². The molecule has 0 bridgehead atoms. The Labute approximate surface area is 117 Å². The molecule has 20 heavy (non-hydrogen) atoms. The van der Waals surface area contributed by atoms with Crippen LogP contribution in [0.3, 0.4) is 0 Å². The van der Waals surface area contributed by atoms with Gasteiger partial charge in [0, 0.05) is 25.4 Å². The number of amides is 1. The fourth-order valence-electron chi connectivity index (χ4n) is 2.90. The van der Waals surface area contributed by atoms with Crippen molar-refractivity contribution in [3.8, 4) is 0 Å². The lowest BCUT2D eigenvalue weighted by atomic mass is 9.99. The molecule has 5 heteroatoms. The van der Waals surface area contributed by atoms with Crippen LogP contribution in [0.2, 0.25) is 0 Å². The van der Waals surface area contributed by atoms with Gasteiger partial charge in [-0.05, 0) is 42.5 Å². The Balaban J connectivity index is 1.80. The molecule has 106 valence electrons. The molecule has 0 unspecified atom stereocenters. The molecule has 5 nitrogen and oxygen atoms in total. The first-order valence-electron chi connectivity index (χ1n) is 6.89. The van der Waals surface area contributed by atoms with Crippen LogP contribution in [-0.4, -0.2) is 36.7 Å². The van der Waals surface area contributed by atoms with Crippen molar-refractivity contribution in [1.82, 2.24) is 0 Å². The van der Waals surface area contributed by atoms with Gasteiger partial charge in [-0.3, -0.25) is 4.79 Å². The molecule has 1 N–H and O–H groups in total. The van der Waals surface area contributed by atoms with Crippen molar-refractivity contribution in [2.45, 2.75) is 19.3 Å². The van der Waals surface area contributed by atoms with Gasteiger partial charge in [0.15, 0.2) is 0 Å². The molecule has 0 aliphatic carbocycles. The second kappa shape index (κ2) is 5.25. The second-order valence-electron chi connectivity index (χ2n) is 5.39. The Morgan fingerprint density at radius 3 is 2.80 bits per heavy atom. The highest BCUT2D eigenvalue weighted by atomic mass is 16.5. The number of carbonyl (C=O) groups excluding carboxylic acids is 1. The number of benzene rings is 1. The summed E-state index contributed by atoms with van der Waals surface area (Å²) in [5.74, 6) is -0.421. The molecule has 0 saturated carbocycles. The molecule has 1 fully saturated rings. The van der Waals surface area contributed by atoms with Gasteiger partial charge in [0.05, 0.1) is 12.0 Å². The van der Waals surface area contributed by atoms with Gasteiger partial charge in [-0.1, -0.05) is 0 Å². The normalized spacial score (nSPS) is 19.2. The Kier molecular flexibility index (Phi) is 3.44. The number of hydrogen-bond donors (Lipinski definition) is 1. The van der Waals surface area contributed by atoms with Crippen LogP contribution >= 0.6 is 0 Å². The molecule has 1 aromatic rings. The zero-order chi connectivity index (χ0) is 14.1. The fourth-order valence-corrected chi connectivity index (χ4v) is 2.90. The topological polar surface area (TPSA) is 66.8 Å². The lowest BCUT2D eigenvalue weighted by molar-refractivity contribution is -0.117. The highest BCUT2D eigenvalue weighted by Crippen LogP contribution is 2.31. The number of carboxylic acid groups (broad SMARTS) is 1. The molecule has 0 spiro atoms. The standard InChI is InChI=1S/C15H17NO4/c17-14-8-12-7-11(15(18)19)1-2-13(12)16(14)9-10-3-5-20-6-4-10/h1-2,7,10H,3-6,8-9H2,(H,18,19). The monoisotopic (exact) mass is 275 g/mol. The number of aromatic carboxylic acids is 1. The third-order valence-corrected chi connectivity index (χ3v) is 4.04. The minimum absolute atomic E-state index is 0.0639. The molecule has 2 aliphatic rings. The zero-order valence-electron chi connectivity index (χ0n) is 11.2. The van der Waals surface area contributed by atoms with Crippen LogP contribution in [0.25, 0.3) is 0 Å². The Morgan fingerprint density at radius 1 is 1.35 bits per heavy atom. The maximum absolute atomic E-state index is 12.1. The van der Waals surface area contributed by atoms with Crippen molar-refractivity contribution in [2.75, 3.05) is 24.7 Å². The predicted octanol–water partition coefficient (Wildman–Crippen LogP) is 1.70.